The third kappa shape index (κ3) is 4.21. The summed E-state index contributed by atoms with van der Waals surface area (Å²) >= 11 is 0. The van der Waals surface area contributed by atoms with Gasteiger partial charge in [0.1, 0.15) is 0 Å². The van der Waals surface area contributed by atoms with Gasteiger partial charge in [0.05, 0.1) is 6.10 Å². The van der Waals surface area contributed by atoms with Gasteiger partial charge >= 0.3 is 6.03 Å². The molecule has 2 rings (SSSR count). The smallest absolute Gasteiger partial charge is 0.314 e. The van der Waals surface area contributed by atoms with Crippen LogP contribution in [0.2, 0.25) is 0 Å². The Balaban J connectivity index is 1.77. The van der Waals surface area contributed by atoms with Crippen LogP contribution < -0.4 is 10.6 Å². The van der Waals surface area contributed by atoms with Crippen LogP contribution in [0, 0.1) is 11.3 Å². The molecule has 0 radical (unpaired) electrons. The average Bonchev–Trinajstić information content (AvgIpc) is 2.79. The van der Waals surface area contributed by atoms with Crippen LogP contribution in [0.1, 0.15) is 31.9 Å². The number of carbonyl (C=O) groups is 1. The van der Waals surface area contributed by atoms with Crippen LogP contribution >= 0.6 is 0 Å². The minimum atomic E-state index is -0.498. The van der Waals surface area contributed by atoms with Gasteiger partial charge in [-0.15, -0.1) is 0 Å². The number of aliphatic hydroxyl groups excluding tert-OH is 1. The molecule has 0 spiro atoms. The molecule has 3 N–H and O–H groups in total. The summed E-state index contributed by atoms with van der Waals surface area (Å²) in [5.74, 6) is 0.146. The lowest BCUT2D eigenvalue weighted by atomic mass is 9.87. The van der Waals surface area contributed by atoms with E-state index in [0.29, 0.717) is 13.1 Å². The van der Waals surface area contributed by atoms with E-state index in [-0.39, 0.29) is 17.4 Å². The highest BCUT2D eigenvalue weighted by Gasteiger charge is 2.32. The van der Waals surface area contributed by atoms with Crippen molar-refractivity contribution in [2.24, 2.45) is 11.3 Å². The van der Waals surface area contributed by atoms with Gasteiger partial charge in [-0.25, -0.2) is 4.79 Å². The lowest BCUT2D eigenvalue weighted by molar-refractivity contribution is 0.124. The molecule has 0 saturated carbocycles. The molecule has 1 atom stereocenters. The molecule has 0 aromatic heterocycles. The molecule has 2 amide bonds. The molecular formula is C17H26N2O2. The standard InChI is InChI=1S/C17H26N2O2/c1-12(2)15(20)10-18-16(21)19-11-17(3)8-13-6-4-5-7-14(13)9-17/h4-7,12,15,20H,8-11H2,1-3H3,(H2,18,19,21). The van der Waals surface area contributed by atoms with E-state index in [2.05, 4.69) is 41.8 Å². The van der Waals surface area contributed by atoms with Gasteiger partial charge in [-0.05, 0) is 35.3 Å². The summed E-state index contributed by atoms with van der Waals surface area (Å²) in [7, 11) is 0. The maximum atomic E-state index is 11.8. The van der Waals surface area contributed by atoms with Gasteiger partial charge < -0.3 is 15.7 Å². The fourth-order valence-electron chi connectivity index (χ4n) is 2.80. The van der Waals surface area contributed by atoms with Gasteiger partial charge in [-0.3, -0.25) is 0 Å². The predicted molar refractivity (Wildman–Crippen MR) is 84.2 cm³/mol. The summed E-state index contributed by atoms with van der Waals surface area (Å²) < 4.78 is 0. The molecule has 0 bridgehead atoms. The van der Waals surface area contributed by atoms with Crippen LogP contribution in [0.3, 0.4) is 0 Å². The Morgan fingerprint density at radius 2 is 1.81 bits per heavy atom. The second-order valence-electron chi connectivity index (χ2n) is 6.81. The lowest BCUT2D eigenvalue weighted by Crippen LogP contribution is -2.44. The highest BCUT2D eigenvalue weighted by atomic mass is 16.3. The monoisotopic (exact) mass is 290 g/mol. The Morgan fingerprint density at radius 3 is 2.33 bits per heavy atom. The molecule has 21 heavy (non-hydrogen) atoms. The number of aliphatic hydroxyl groups is 1. The first-order chi connectivity index (χ1) is 9.89. The molecule has 1 aromatic rings. The normalized spacial score (nSPS) is 17.4. The maximum absolute atomic E-state index is 11.8. The third-order valence-electron chi connectivity index (χ3n) is 4.27. The Morgan fingerprint density at radius 1 is 1.24 bits per heavy atom. The number of urea groups is 1. The molecule has 1 aliphatic rings. The molecule has 0 saturated heterocycles. The molecule has 1 aromatic carbocycles. The van der Waals surface area contributed by atoms with Crippen molar-refractivity contribution in [2.75, 3.05) is 13.1 Å². The lowest BCUT2D eigenvalue weighted by Gasteiger charge is -2.24. The van der Waals surface area contributed by atoms with Crippen molar-refractivity contribution in [3.05, 3.63) is 35.4 Å². The van der Waals surface area contributed by atoms with Crippen molar-refractivity contribution < 1.29 is 9.90 Å². The van der Waals surface area contributed by atoms with Gasteiger partial charge in [-0.2, -0.15) is 0 Å². The summed E-state index contributed by atoms with van der Waals surface area (Å²) in [6.07, 6.45) is 1.50. The zero-order chi connectivity index (χ0) is 15.5. The highest BCUT2D eigenvalue weighted by molar-refractivity contribution is 5.73. The first kappa shape index (κ1) is 15.8. The Labute approximate surface area is 126 Å². The van der Waals surface area contributed by atoms with Crippen molar-refractivity contribution in [1.29, 1.82) is 0 Å². The topological polar surface area (TPSA) is 61.4 Å². The van der Waals surface area contributed by atoms with E-state index in [1.165, 1.54) is 11.1 Å². The van der Waals surface area contributed by atoms with E-state index in [4.69, 9.17) is 0 Å². The van der Waals surface area contributed by atoms with Gasteiger partial charge in [0.15, 0.2) is 0 Å². The fraction of sp³-hybridized carbons (Fsp3) is 0.588. The molecule has 116 valence electrons. The predicted octanol–water partition coefficient (Wildman–Crippen LogP) is 2.11. The van der Waals surface area contributed by atoms with E-state index in [1.54, 1.807) is 0 Å². The van der Waals surface area contributed by atoms with E-state index in [9.17, 15) is 9.90 Å². The summed E-state index contributed by atoms with van der Waals surface area (Å²) in [5.41, 5.74) is 2.85. The number of rotatable bonds is 5. The van der Waals surface area contributed by atoms with Crippen molar-refractivity contribution in [1.82, 2.24) is 10.6 Å². The van der Waals surface area contributed by atoms with Gasteiger partial charge in [0, 0.05) is 13.1 Å². The van der Waals surface area contributed by atoms with E-state index in [0.717, 1.165) is 12.8 Å². The van der Waals surface area contributed by atoms with Crippen molar-refractivity contribution >= 4 is 6.03 Å². The molecule has 0 heterocycles. The van der Waals surface area contributed by atoms with Crippen molar-refractivity contribution in [2.45, 2.75) is 39.7 Å². The SMILES string of the molecule is CC(C)C(O)CNC(=O)NCC1(C)Cc2ccccc2C1. The van der Waals surface area contributed by atoms with Crippen molar-refractivity contribution in [3.63, 3.8) is 0 Å². The summed E-state index contributed by atoms with van der Waals surface area (Å²) in [4.78, 5) is 11.8. The second kappa shape index (κ2) is 6.48. The Hall–Kier alpha value is -1.55. The highest BCUT2D eigenvalue weighted by Crippen LogP contribution is 2.35. The molecule has 1 unspecified atom stereocenters. The molecule has 4 heteroatoms. The fourth-order valence-corrected chi connectivity index (χ4v) is 2.80. The van der Waals surface area contributed by atoms with Crippen LogP contribution in [0.4, 0.5) is 4.79 Å². The van der Waals surface area contributed by atoms with E-state index >= 15 is 0 Å². The second-order valence-corrected chi connectivity index (χ2v) is 6.81. The number of amides is 2. The first-order valence-electron chi connectivity index (χ1n) is 7.66. The Bertz CT molecular complexity index is 474. The summed E-state index contributed by atoms with van der Waals surface area (Å²) in [6, 6.07) is 8.27. The van der Waals surface area contributed by atoms with Crippen LogP contribution in [-0.4, -0.2) is 30.3 Å². The van der Waals surface area contributed by atoms with Crippen LogP contribution in [0.25, 0.3) is 0 Å². The number of benzene rings is 1. The van der Waals surface area contributed by atoms with Gasteiger partial charge in [-0.1, -0.05) is 45.0 Å². The van der Waals surface area contributed by atoms with Crippen molar-refractivity contribution in [3.8, 4) is 0 Å². The molecular weight excluding hydrogens is 264 g/mol. The minimum Gasteiger partial charge on any atom is -0.391 e. The van der Waals surface area contributed by atoms with Crippen LogP contribution in [0.15, 0.2) is 24.3 Å². The number of hydrogen-bond donors (Lipinski definition) is 3. The van der Waals surface area contributed by atoms with Gasteiger partial charge in [0.2, 0.25) is 0 Å². The first-order valence-corrected chi connectivity index (χ1v) is 7.66. The molecule has 0 aliphatic heterocycles. The number of carbonyl (C=O) groups excluding carboxylic acids is 1. The zero-order valence-electron chi connectivity index (χ0n) is 13.1. The maximum Gasteiger partial charge on any atom is 0.314 e. The summed E-state index contributed by atoms with van der Waals surface area (Å²) in [5, 5.41) is 15.3. The Kier molecular flexibility index (Phi) is 4.88. The third-order valence-corrected chi connectivity index (χ3v) is 4.27. The van der Waals surface area contributed by atoms with Gasteiger partial charge in [0.25, 0.3) is 0 Å². The quantitative estimate of drug-likeness (QED) is 0.778. The summed E-state index contributed by atoms with van der Waals surface area (Å²) in [6.45, 7) is 7.00. The molecule has 4 nitrogen and oxygen atoms in total. The number of fused-ring (bicyclic) bond motifs is 1. The largest absolute Gasteiger partial charge is 0.391 e. The zero-order valence-corrected chi connectivity index (χ0v) is 13.1. The van der Waals surface area contributed by atoms with E-state index < -0.39 is 6.10 Å². The molecule has 1 aliphatic carbocycles. The van der Waals surface area contributed by atoms with E-state index in [1.807, 2.05) is 13.8 Å². The average molecular weight is 290 g/mol. The van der Waals surface area contributed by atoms with Crippen LogP contribution in [-0.2, 0) is 12.8 Å². The number of nitrogens with one attached hydrogen (secondary N) is 2. The number of hydrogen-bond acceptors (Lipinski definition) is 2. The van der Waals surface area contributed by atoms with Crippen LogP contribution in [0.5, 0.6) is 0 Å². The minimum absolute atomic E-state index is 0.0810. The molecule has 0 fully saturated rings.